The van der Waals surface area contributed by atoms with Gasteiger partial charge in [0.05, 0.1) is 11.1 Å². The molecule has 96 valence electrons. The Morgan fingerprint density at radius 2 is 2.39 bits per heavy atom. The molecular weight excluding hydrogens is 250 g/mol. The highest BCUT2D eigenvalue weighted by molar-refractivity contribution is 6.31. The summed E-state index contributed by atoms with van der Waals surface area (Å²) in [7, 11) is 0. The first-order chi connectivity index (χ1) is 8.61. The minimum atomic E-state index is -0.310. The van der Waals surface area contributed by atoms with Crippen molar-refractivity contribution in [3.8, 4) is 6.07 Å². The van der Waals surface area contributed by atoms with Crippen molar-refractivity contribution in [3.05, 3.63) is 22.8 Å². The Kier molecular flexibility index (Phi) is 4.05. The first kappa shape index (κ1) is 13.1. The largest absolute Gasteiger partial charge is 0.393 e. The minimum absolute atomic E-state index is 0.258. The van der Waals surface area contributed by atoms with E-state index in [4.69, 9.17) is 16.9 Å². The van der Waals surface area contributed by atoms with Crippen molar-refractivity contribution in [2.24, 2.45) is 5.92 Å². The highest BCUT2D eigenvalue weighted by atomic mass is 35.5. The first-order valence-corrected chi connectivity index (χ1v) is 6.49. The molecule has 0 spiro atoms. The molecule has 5 heteroatoms. The summed E-state index contributed by atoms with van der Waals surface area (Å²) in [5, 5.41) is 19.0. The Morgan fingerprint density at radius 3 is 3.06 bits per heavy atom. The van der Waals surface area contributed by atoms with Crippen molar-refractivity contribution in [1.82, 2.24) is 4.98 Å². The van der Waals surface area contributed by atoms with E-state index in [0.717, 1.165) is 31.7 Å². The normalized spacial score (nSPS) is 21.4. The number of pyridine rings is 1. The highest BCUT2D eigenvalue weighted by Crippen LogP contribution is 2.25. The summed E-state index contributed by atoms with van der Waals surface area (Å²) < 4.78 is 0. The number of rotatable bonds is 2. The van der Waals surface area contributed by atoms with Crippen LogP contribution in [0.25, 0.3) is 0 Å². The molecule has 0 aliphatic carbocycles. The van der Waals surface area contributed by atoms with E-state index in [1.807, 2.05) is 19.1 Å². The lowest BCUT2D eigenvalue weighted by Gasteiger charge is -2.35. The fourth-order valence-electron chi connectivity index (χ4n) is 2.30. The third kappa shape index (κ3) is 2.74. The lowest BCUT2D eigenvalue weighted by molar-refractivity contribution is 0.115. The summed E-state index contributed by atoms with van der Waals surface area (Å²) in [6.07, 6.45) is 1.75. The maximum absolute atomic E-state index is 9.67. The smallest absolute Gasteiger partial charge is 0.161 e. The van der Waals surface area contributed by atoms with Crippen LogP contribution in [-0.4, -0.2) is 29.3 Å². The Balaban J connectivity index is 2.19. The number of aliphatic hydroxyl groups excluding tert-OH is 1. The fourth-order valence-corrected chi connectivity index (χ4v) is 2.45. The van der Waals surface area contributed by atoms with Crippen LogP contribution in [0.1, 0.15) is 25.5 Å². The number of nitriles is 1. The van der Waals surface area contributed by atoms with Gasteiger partial charge in [0.15, 0.2) is 5.69 Å². The SMILES string of the molecule is CC(O)C1CCCN(c2ccc(Cl)c(C#N)n2)C1. The molecule has 1 saturated heterocycles. The molecular formula is C13H16ClN3O. The van der Waals surface area contributed by atoms with Crippen molar-refractivity contribution >= 4 is 17.4 Å². The van der Waals surface area contributed by atoms with Crippen LogP contribution in [0.2, 0.25) is 5.02 Å². The van der Waals surface area contributed by atoms with Crippen molar-refractivity contribution < 1.29 is 5.11 Å². The second-order valence-corrected chi connectivity index (χ2v) is 5.11. The van der Waals surface area contributed by atoms with Gasteiger partial charge in [-0.1, -0.05) is 11.6 Å². The predicted molar refractivity (Wildman–Crippen MR) is 70.6 cm³/mol. The molecule has 0 bridgehead atoms. The summed E-state index contributed by atoms with van der Waals surface area (Å²) in [5.74, 6) is 1.03. The van der Waals surface area contributed by atoms with Crippen molar-refractivity contribution in [3.63, 3.8) is 0 Å². The molecule has 0 aromatic carbocycles. The molecule has 1 aliphatic rings. The van der Waals surface area contributed by atoms with Gasteiger partial charge >= 0.3 is 0 Å². The van der Waals surface area contributed by atoms with Crippen LogP contribution in [0.3, 0.4) is 0 Å². The molecule has 18 heavy (non-hydrogen) atoms. The zero-order valence-electron chi connectivity index (χ0n) is 10.3. The highest BCUT2D eigenvalue weighted by Gasteiger charge is 2.24. The second-order valence-electron chi connectivity index (χ2n) is 4.70. The molecule has 1 aliphatic heterocycles. The van der Waals surface area contributed by atoms with E-state index in [-0.39, 0.29) is 17.7 Å². The number of anilines is 1. The zero-order chi connectivity index (χ0) is 13.1. The molecule has 1 aromatic rings. The molecule has 0 saturated carbocycles. The molecule has 2 heterocycles. The number of piperidine rings is 1. The maximum atomic E-state index is 9.67. The fraction of sp³-hybridized carbons (Fsp3) is 0.538. The average molecular weight is 266 g/mol. The number of aliphatic hydroxyl groups is 1. The van der Waals surface area contributed by atoms with Gasteiger partial charge in [0, 0.05) is 19.0 Å². The van der Waals surface area contributed by atoms with Crippen molar-refractivity contribution in [2.45, 2.75) is 25.9 Å². The standard InChI is InChI=1S/C13H16ClN3O/c1-9(18)10-3-2-6-17(8-10)13-5-4-11(14)12(7-15)16-13/h4-5,9-10,18H,2-3,6,8H2,1H3. The van der Waals surface area contributed by atoms with E-state index >= 15 is 0 Å². The Labute approximate surface area is 112 Å². The average Bonchev–Trinajstić information content (AvgIpc) is 2.39. The van der Waals surface area contributed by atoms with Gasteiger partial charge in [-0.05, 0) is 31.9 Å². The number of hydrogen-bond donors (Lipinski definition) is 1. The van der Waals surface area contributed by atoms with Gasteiger partial charge in [0.2, 0.25) is 0 Å². The van der Waals surface area contributed by atoms with E-state index in [1.54, 1.807) is 6.07 Å². The third-order valence-corrected chi connectivity index (χ3v) is 3.71. The molecule has 2 unspecified atom stereocenters. The van der Waals surface area contributed by atoms with Crippen LogP contribution in [0.5, 0.6) is 0 Å². The van der Waals surface area contributed by atoms with Gasteiger partial charge in [-0.2, -0.15) is 5.26 Å². The summed E-state index contributed by atoms with van der Waals surface area (Å²) in [6, 6.07) is 5.52. The van der Waals surface area contributed by atoms with Crippen LogP contribution in [0.15, 0.2) is 12.1 Å². The number of hydrogen-bond acceptors (Lipinski definition) is 4. The van der Waals surface area contributed by atoms with Crippen LogP contribution in [0.4, 0.5) is 5.82 Å². The summed E-state index contributed by atoms with van der Waals surface area (Å²) in [4.78, 5) is 6.37. The molecule has 4 nitrogen and oxygen atoms in total. The number of nitrogens with zero attached hydrogens (tertiary/aromatic N) is 3. The van der Waals surface area contributed by atoms with Crippen LogP contribution in [-0.2, 0) is 0 Å². The number of halogens is 1. The van der Waals surface area contributed by atoms with Gasteiger partial charge in [-0.25, -0.2) is 4.98 Å². The molecule has 1 fully saturated rings. The summed E-state index contributed by atoms with van der Waals surface area (Å²) >= 11 is 5.87. The quantitative estimate of drug-likeness (QED) is 0.891. The van der Waals surface area contributed by atoms with E-state index in [1.165, 1.54) is 0 Å². The van der Waals surface area contributed by atoms with Gasteiger partial charge < -0.3 is 10.0 Å². The summed E-state index contributed by atoms with van der Waals surface area (Å²) in [5.41, 5.74) is 0.258. The lowest BCUT2D eigenvalue weighted by atomic mass is 9.93. The maximum Gasteiger partial charge on any atom is 0.161 e. The Hall–Kier alpha value is -1.31. The topological polar surface area (TPSA) is 60.1 Å². The van der Waals surface area contributed by atoms with Gasteiger partial charge in [0.25, 0.3) is 0 Å². The van der Waals surface area contributed by atoms with Gasteiger partial charge in [-0.15, -0.1) is 0 Å². The Morgan fingerprint density at radius 1 is 1.61 bits per heavy atom. The van der Waals surface area contributed by atoms with Crippen molar-refractivity contribution in [1.29, 1.82) is 5.26 Å². The Bertz CT molecular complexity index is 470. The lowest BCUT2D eigenvalue weighted by Crippen LogP contribution is -2.40. The molecule has 1 aromatic heterocycles. The van der Waals surface area contributed by atoms with Gasteiger partial charge in [0.1, 0.15) is 11.9 Å². The van der Waals surface area contributed by atoms with E-state index in [9.17, 15) is 5.11 Å². The molecule has 1 N–H and O–H groups in total. The zero-order valence-corrected chi connectivity index (χ0v) is 11.1. The molecule has 2 atom stereocenters. The van der Waals surface area contributed by atoms with E-state index in [2.05, 4.69) is 9.88 Å². The third-order valence-electron chi connectivity index (χ3n) is 3.40. The monoisotopic (exact) mass is 265 g/mol. The molecule has 2 rings (SSSR count). The van der Waals surface area contributed by atoms with Crippen LogP contribution >= 0.6 is 11.6 Å². The van der Waals surface area contributed by atoms with Crippen molar-refractivity contribution in [2.75, 3.05) is 18.0 Å². The predicted octanol–water partition coefficient (Wildman–Crippen LogP) is 2.20. The molecule has 0 amide bonds. The van der Waals surface area contributed by atoms with Gasteiger partial charge in [-0.3, -0.25) is 0 Å². The summed E-state index contributed by atoms with van der Waals surface area (Å²) in [6.45, 7) is 3.50. The van der Waals surface area contributed by atoms with Crippen LogP contribution in [0, 0.1) is 17.2 Å². The van der Waals surface area contributed by atoms with E-state index < -0.39 is 0 Å². The first-order valence-electron chi connectivity index (χ1n) is 6.11. The van der Waals surface area contributed by atoms with E-state index in [0.29, 0.717) is 5.02 Å². The van der Waals surface area contributed by atoms with Crippen LogP contribution < -0.4 is 4.90 Å². The number of aromatic nitrogens is 1. The molecule has 0 radical (unpaired) electrons. The second kappa shape index (κ2) is 5.55. The minimum Gasteiger partial charge on any atom is -0.393 e.